The van der Waals surface area contributed by atoms with E-state index in [1.165, 1.54) is 12.1 Å². The van der Waals surface area contributed by atoms with Gasteiger partial charge in [-0.3, -0.25) is 4.18 Å². The summed E-state index contributed by atoms with van der Waals surface area (Å²) in [7, 11) is -3.75. The molecule has 1 aromatic carbocycles. The summed E-state index contributed by atoms with van der Waals surface area (Å²) in [6.07, 6.45) is 1.13. The predicted octanol–water partition coefficient (Wildman–Crippen LogP) is 1.67. The fourth-order valence-electron chi connectivity index (χ4n) is 1.73. The topological polar surface area (TPSA) is 61.8 Å². The second-order valence-corrected chi connectivity index (χ2v) is 6.23. The van der Waals surface area contributed by atoms with E-state index in [0.29, 0.717) is 13.2 Å². The molecule has 1 aliphatic heterocycles. The van der Waals surface area contributed by atoms with E-state index in [4.69, 9.17) is 13.7 Å². The van der Waals surface area contributed by atoms with E-state index in [1.54, 1.807) is 18.2 Å². The minimum atomic E-state index is -3.75. The van der Waals surface area contributed by atoms with Crippen LogP contribution in [0.2, 0.25) is 0 Å². The van der Waals surface area contributed by atoms with Crippen molar-refractivity contribution >= 4 is 10.1 Å². The van der Waals surface area contributed by atoms with Gasteiger partial charge >= 0.3 is 0 Å². The first-order valence-corrected chi connectivity index (χ1v) is 7.74. The quantitative estimate of drug-likeness (QED) is 0.611. The van der Waals surface area contributed by atoms with E-state index in [-0.39, 0.29) is 23.7 Å². The maximum atomic E-state index is 12.0. The summed E-state index contributed by atoms with van der Waals surface area (Å²) in [4.78, 5) is 0.142. The smallest absolute Gasteiger partial charge is 0.297 e. The Bertz CT molecular complexity index is 541. The molecule has 1 saturated heterocycles. The van der Waals surface area contributed by atoms with Crippen molar-refractivity contribution in [2.24, 2.45) is 0 Å². The van der Waals surface area contributed by atoms with Crippen molar-refractivity contribution in [3.63, 3.8) is 0 Å². The Morgan fingerprint density at radius 3 is 2.55 bits per heavy atom. The van der Waals surface area contributed by atoms with Gasteiger partial charge in [-0.2, -0.15) is 8.42 Å². The molecule has 1 fully saturated rings. The third kappa shape index (κ3) is 3.89. The average molecular weight is 298 g/mol. The van der Waals surface area contributed by atoms with Crippen LogP contribution in [-0.2, 0) is 23.8 Å². The summed E-state index contributed by atoms with van der Waals surface area (Å²) < 4.78 is 39.8. The highest BCUT2D eigenvalue weighted by Crippen LogP contribution is 2.15. The highest BCUT2D eigenvalue weighted by Gasteiger charge is 2.23. The Morgan fingerprint density at radius 2 is 2.00 bits per heavy atom. The van der Waals surface area contributed by atoms with Gasteiger partial charge in [0, 0.05) is 0 Å². The van der Waals surface area contributed by atoms with Crippen LogP contribution in [0.15, 0.2) is 41.8 Å². The molecule has 0 bridgehead atoms. The zero-order valence-corrected chi connectivity index (χ0v) is 12.1. The van der Waals surface area contributed by atoms with Gasteiger partial charge < -0.3 is 9.47 Å². The molecule has 0 saturated carbocycles. The Morgan fingerprint density at radius 1 is 1.30 bits per heavy atom. The van der Waals surface area contributed by atoms with Gasteiger partial charge in [0.25, 0.3) is 10.1 Å². The molecule has 5 nitrogen and oxygen atoms in total. The molecule has 1 heterocycles. The largest absolute Gasteiger partial charge is 0.370 e. The highest BCUT2D eigenvalue weighted by atomic mass is 32.2. The zero-order chi connectivity index (χ0) is 14.6. The number of benzene rings is 1. The van der Waals surface area contributed by atoms with E-state index >= 15 is 0 Å². The van der Waals surface area contributed by atoms with Crippen molar-refractivity contribution in [1.82, 2.24) is 0 Å². The molecule has 6 heteroatoms. The van der Waals surface area contributed by atoms with E-state index in [1.807, 2.05) is 6.92 Å². The van der Waals surface area contributed by atoms with Crippen LogP contribution >= 0.6 is 0 Å². The molecular formula is C14H18O5S. The summed E-state index contributed by atoms with van der Waals surface area (Å²) in [6, 6.07) is 6.50. The number of hydrogen-bond donors (Lipinski definition) is 0. The first kappa shape index (κ1) is 15.2. The van der Waals surface area contributed by atoms with Crippen molar-refractivity contribution in [2.45, 2.75) is 24.0 Å². The summed E-state index contributed by atoms with van der Waals surface area (Å²) in [5, 5.41) is 0. The molecule has 1 aromatic rings. The first-order chi connectivity index (χ1) is 9.51. The van der Waals surface area contributed by atoms with Gasteiger partial charge in [0.05, 0.1) is 30.8 Å². The van der Waals surface area contributed by atoms with E-state index < -0.39 is 10.1 Å². The third-order valence-electron chi connectivity index (χ3n) is 2.97. The van der Waals surface area contributed by atoms with E-state index in [2.05, 4.69) is 6.58 Å². The van der Waals surface area contributed by atoms with Crippen LogP contribution in [-0.4, -0.2) is 40.4 Å². The van der Waals surface area contributed by atoms with Crippen molar-refractivity contribution in [2.75, 3.05) is 19.8 Å². The predicted molar refractivity (Wildman–Crippen MR) is 74.0 cm³/mol. The van der Waals surface area contributed by atoms with Gasteiger partial charge in [0.15, 0.2) is 0 Å². The molecule has 110 valence electrons. The third-order valence-corrected chi connectivity index (χ3v) is 4.27. The Balaban J connectivity index is 1.90. The van der Waals surface area contributed by atoms with Crippen LogP contribution in [0.25, 0.3) is 0 Å². The molecule has 2 unspecified atom stereocenters. The maximum absolute atomic E-state index is 12.0. The molecule has 0 aromatic heterocycles. The lowest BCUT2D eigenvalue weighted by atomic mass is 10.2. The zero-order valence-electron chi connectivity index (χ0n) is 11.3. The van der Waals surface area contributed by atoms with Crippen molar-refractivity contribution in [3.05, 3.63) is 42.5 Å². The first-order valence-electron chi connectivity index (χ1n) is 6.33. The Labute approximate surface area is 119 Å². The molecule has 0 radical (unpaired) electrons. The molecular weight excluding hydrogens is 280 g/mol. The normalized spacial score (nSPS) is 23.4. The Kier molecular flexibility index (Phi) is 4.93. The van der Waals surface area contributed by atoms with Crippen molar-refractivity contribution in [1.29, 1.82) is 0 Å². The number of aryl methyl sites for hydroxylation is 1. The van der Waals surface area contributed by atoms with Crippen LogP contribution in [0, 0.1) is 6.92 Å². The summed E-state index contributed by atoms with van der Waals surface area (Å²) >= 11 is 0. The van der Waals surface area contributed by atoms with Gasteiger partial charge in [0.2, 0.25) is 0 Å². The van der Waals surface area contributed by atoms with Crippen LogP contribution < -0.4 is 0 Å². The van der Waals surface area contributed by atoms with Crippen LogP contribution in [0.1, 0.15) is 5.56 Å². The van der Waals surface area contributed by atoms with Crippen LogP contribution in [0.4, 0.5) is 0 Å². The van der Waals surface area contributed by atoms with Gasteiger partial charge in [0.1, 0.15) is 6.10 Å². The SMILES string of the molecule is C=CC1COC(COS(=O)(=O)c2ccc(C)cc2)CO1. The number of rotatable bonds is 5. The molecule has 0 spiro atoms. The monoisotopic (exact) mass is 298 g/mol. The standard InChI is InChI=1S/C14H18O5S/c1-3-12-8-18-13(9-17-12)10-19-20(15,16)14-6-4-11(2)5-7-14/h3-7,12-13H,1,8-10H2,2H3. The second kappa shape index (κ2) is 6.49. The lowest BCUT2D eigenvalue weighted by Gasteiger charge is -2.27. The molecule has 1 aliphatic rings. The molecule has 2 atom stereocenters. The fraction of sp³-hybridized carbons (Fsp3) is 0.429. The van der Waals surface area contributed by atoms with Gasteiger partial charge in [-0.25, -0.2) is 0 Å². The Hall–Kier alpha value is -1.21. The van der Waals surface area contributed by atoms with Crippen LogP contribution in [0.3, 0.4) is 0 Å². The van der Waals surface area contributed by atoms with E-state index in [0.717, 1.165) is 5.56 Å². The molecule has 20 heavy (non-hydrogen) atoms. The lowest BCUT2D eigenvalue weighted by molar-refractivity contribution is -0.126. The van der Waals surface area contributed by atoms with Gasteiger partial charge in [-0.15, -0.1) is 6.58 Å². The van der Waals surface area contributed by atoms with E-state index in [9.17, 15) is 8.42 Å². The lowest BCUT2D eigenvalue weighted by Crippen LogP contribution is -2.37. The molecule has 0 N–H and O–H groups in total. The number of ether oxygens (including phenoxy) is 2. The molecule has 0 amide bonds. The minimum absolute atomic E-state index is 0.0555. The fourth-order valence-corrected chi connectivity index (χ4v) is 2.67. The van der Waals surface area contributed by atoms with Crippen molar-refractivity contribution < 1.29 is 22.1 Å². The molecule has 2 rings (SSSR count). The average Bonchev–Trinajstić information content (AvgIpc) is 2.46. The second-order valence-electron chi connectivity index (χ2n) is 4.61. The summed E-state index contributed by atoms with van der Waals surface area (Å²) in [5.41, 5.74) is 0.989. The highest BCUT2D eigenvalue weighted by molar-refractivity contribution is 7.86. The van der Waals surface area contributed by atoms with Crippen LogP contribution in [0.5, 0.6) is 0 Å². The van der Waals surface area contributed by atoms with Gasteiger partial charge in [-0.05, 0) is 19.1 Å². The van der Waals surface area contributed by atoms with Gasteiger partial charge in [-0.1, -0.05) is 23.8 Å². The summed E-state index contributed by atoms with van der Waals surface area (Å²) in [6.45, 7) is 6.10. The summed E-state index contributed by atoms with van der Waals surface area (Å²) in [5.74, 6) is 0. The maximum Gasteiger partial charge on any atom is 0.297 e. The minimum Gasteiger partial charge on any atom is -0.370 e. The molecule has 0 aliphatic carbocycles. The van der Waals surface area contributed by atoms with Crippen molar-refractivity contribution in [3.8, 4) is 0 Å². The number of hydrogen-bond acceptors (Lipinski definition) is 5.